The number of hydrogen-bond acceptors (Lipinski definition) is 1. The highest BCUT2D eigenvalue weighted by Crippen LogP contribution is 2.36. The highest BCUT2D eigenvalue weighted by atomic mass is 127. The van der Waals surface area contributed by atoms with Crippen LogP contribution in [0.1, 0.15) is 5.56 Å². The fourth-order valence-electron chi connectivity index (χ4n) is 0.735. The number of aromatic hydroxyl groups is 1. The van der Waals surface area contributed by atoms with Crippen molar-refractivity contribution < 1.29 is 5.11 Å². The molecule has 1 aromatic carbocycles. The Balaban J connectivity index is 3.60. The van der Waals surface area contributed by atoms with E-state index >= 15 is 0 Å². The highest BCUT2D eigenvalue weighted by Gasteiger charge is 2.14. The van der Waals surface area contributed by atoms with Crippen LogP contribution in [-0.4, -0.2) is 5.11 Å². The number of halogens is 4. The molecule has 0 unspecified atom stereocenters. The maximum Gasteiger partial charge on any atom is 0.143 e. The first-order chi connectivity index (χ1) is 5.46. The van der Waals surface area contributed by atoms with E-state index in [2.05, 4.69) is 90.4 Å². The van der Waals surface area contributed by atoms with E-state index in [0.717, 1.165) is 10.7 Å². The first-order valence-corrected chi connectivity index (χ1v) is 7.29. The van der Waals surface area contributed by atoms with Crippen LogP contribution in [0, 0.1) is 21.2 Å². The minimum atomic E-state index is 0.415. The summed E-state index contributed by atoms with van der Waals surface area (Å²) in [6.07, 6.45) is 0. The minimum Gasteiger partial charge on any atom is -0.506 e. The van der Waals surface area contributed by atoms with Crippen LogP contribution in [0.2, 0.25) is 0 Å². The molecule has 0 aliphatic rings. The summed E-state index contributed by atoms with van der Waals surface area (Å²) >= 11 is 8.91. The van der Waals surface area contributed by atoms with Gasteiger partial charge in [0.05, 0.1) is 7.14 Å². The van der Waals surface area contributed by atoms with Gasteiger partial charge < -0.3 is 5.11 Å². The quantitative estimate of drug-likeness (QED) is 0.266. The Bertz CT molecular complexity index is 230. The van der Waals surface area contributed by atoms with Gasteiger partial charge in [-0.05, 0) is 103 Å². The van der Waals surface area contributed by atoms with E-state index in [9.17, 15) is 5.11 Å². The van der Waals surface area contributed by atoms with Gasteiger partial charge in [-0.15, -0.1) is 0 Å². The van der Waals surface area contributed by atoms with E-state index < -0.39 is 0 Å². The molecule has 0 radical (unpaired) electrons. The van der Waals surface area contributed by atoms with Gasteiger partial charge in [0.25, 0.3) is 0 Å². The van der Waals surface area contributed by atoms with Crippen molar-refractivity contribution in [2.75, 3.05) is 0 Å². The second kappa shape index (κ2) is 4.64. The summed E-state index contributed by atoms with van der Waals surface area (Å²) in [4.78, 5) is 0. The molecule has 0 aromatic heterocycles. The van der Waals surface area contributed by atoms with E-state index in [1.165, 1.54) is 9.13 Å². The summed E-state index contributed by atoms with van der Waals surface area (Å²) in [5.74, 6) is 0.415. The first kappa shape index (κ1) is 12.0. The third kappa shape index (κ3) is 2.12. The van der Waals surface area contributed by atoms with Crippen LogP contribution >= 0.6 is 90.4 Å². The fourth-order valence-corrected chi connectivity index (χ4v) is 4.56. The number of phenolic OH excluding ortho intramolecular Hbond substituents is 1. The zero-order valence-corrected chi connectivity index (χ0v) is 14.6. The lowest BCUT2D eigenvalue weighted by molar-refractivity contribution is 0.466. The van der Waals surface area contributed by atoms with Gasteiger partial charge in [0.1, 0.15) is 5.75 Å². The lowest BCUT2D eigenvalue weighted by Crippen LogP contribution is -1.94. The molecule has 1 rings (SSSR count). The van der Waals surface area contributed by atoms with Gasteiger partial charge in [0, 0.05) is 7.14 Å². The Labute approximate surface area is 126 Å². The van der Waals surface area contributed by atoms with Crippen LogP contribution in [0.15, 0.2) is 0 Å². The zero-order chi connectivity index (χ0) is 9.46. The van der Waals surface area contributed by atoms with Crippen molar-refractivity contribution >= 4 is 90.4 Å². The van der Waals surface area contributed by atoms with Gasteiger partial charge in [-0.25, -0.2) is 0 Å². The Kier molecular flexibility index (Phi) is 4.64. The average molecular weight is 612 g/mol. The van der Waals surface area contributed by atoms with E-state index in [-0.39, 0.29) is 0 Å². The number of phenols is 1. The maximum absolute atomic E-state index is 9.67. The minimum absolute atomic E-state index is 0.415. The summed E-state index contributed by atoms with van der Waals surface area (Å²) in [5.41, 5.74) is 1.17. The van der Waals surface area contributed by atoms with Crippen LogP contribution in [-0.2, 0) is 0 Å². The summed E-state index contributed by atoms with van der Waals surface area (Å²) in [7, 11) is 0. The topological polar surface area (TPSA) is 20.2 Å². The van der Waals surface area contributed by atoms with Crippen LogP contribution in [0.4, 0.5) is 0 Å². The Morgan fingerprint density at radius 1 is 0.833 bits per heavy atom. The third-order valence-corrected chi connectivity index (χ3v) is 8.32. The molecule has 0 amide bonds. The largest absolute Gasteiger partial charge is 0.506 e. The summed E-state index contributed by atoms with van der Waals surface area (Å²) < 4.78 is 4.29. The predicted octanol–water partition coefficient (Wildman–Crippen LogP) is 4.12. The van der Waals surface area contributed by atoms with Crippen LogP contribution in [0.5, 0.6) is 5.75 Å². The van der Waals surface area contributed by atoms with Crippen molar-refractivity contribution in [2.45, 2.75) is 6.92 Å². The van der Waals surface area contributed by atoms with Crippen molar-refractivity contribution in [1.82, 2.24) is 0 Å². The van der Waals surface area contributed by atoms with Gasteiger partial charge in [-0.2, -0.15) is 0 Å². The van der Waals surface area contributed by atoms with E-state index in [1.54, 1.807) is 0 Å². The molecule has 12 heavy (non-hydrogen) atoms. The van der Waals surface area contributed by atoms with Gasteiger partial charge in [0.15, 0.2) is 0 Å². The second-order valence-corrected chi connectivity index (χ2v) is 6.54. The lowest BCUT2D eigenvalue weighted by atomic mass is 10.2. The molecule has 0 saturated carbocycles. The zero-order valence-electron chi connectivity index (χ0n) is 5.96. The molecule has 1 N–H and O–H groups in total. The number of hydrogen-bond donors (Lipinski definition) is 1. The monoisotopic (exact) mass is 612 g/mol. The van der Waals surface area contributed by atoms with Crippen LogP contribution in [0.3, 0.4) is 0 Å². The normalized spacial score (nSPS) is 10.4. The van der Waals surface area contributed by atoms with Crippen molar-refractivity contribution in [3.05, 3.63) is 19.8 Å². The Hall–Kier alpha value is 1.94. The highest BCUT2D eigenvalue weighted by molar-refractivity contribution is 14.1. The summed E-state index contributed by atoms with van der Waals surface area (Å²) in [6, 6.07) is 0. The number of benzene rings is 1. The molecule has 1 aromatic rings. The van der Waals surface area contributed by atoms with Crippen molar-refractivity contribution in [3.8, 4) is 5.75 Å². The molecule has 0 bridgehead atoms. The molecular formula is C7H4I4O. The maximum atomic E-state index is 9.67. The first-order valence-electron chi connectivity index (χ1n) is 2.98. The Morgan fingerprint density at radius 3 is 1.83 bits per heavy atom. The predicted molar refractivity (Wildman–Crippen MR) is 83.7 cm³/mol. The van der Waals surface area contributed by atoms with Crippen molar-refractivity contribution in [3.63, 3.8) is 0 Å². The average Bonchev–Trinajstić information content (AvgIpc) is 2.08. The molecule has 0 fully saturated rings. The molecule has 1 nitrogen and oxygen atoms in total. The molecule has 0 saturated heterocycles. The standard InChI is InChI=1S/C7H4I4O/c1-2-3(8)5(10)6(11)7(12)4(2)9/h12H,1H3. The van der Waals surface area contributed by atoms with Gasteiger partial charge in [0.2, 0.25) is 0 Å². The van der Waals surface area contributed by atoms with Crippen molar-refractivity contribution in [1.29, 1.82) is 0 Å². The summed E-state index contributed by atoms with van der Waals surface area (Å²) in [5, 5.41) is 9.67. The summed E-state index contributed by atoms with van der Waals surface area (Å²) in [6.45, 7) is 2.03. The molecule has 66 valence electrons. The van der Waals surface area contributed by atoms with E-state index in [0.29, 0.717) is 5.75 Å². The molecule has 0 aliphatic heterocycles. The Morgan fingerprint density at radius 2 is 1.33 bits per heavy atom. The lowest BCUT2D eigenvalue weighted by Gasteiger charge is -2.09. The molecular weight excluding hydrogens is 608 g/mol. The fraction of sp³-hybridized carbons (Fsp3) is 0.143. The van der Waals surface area contributed by atoms with Gasteiger partial charge in [-0.1, -0.05) is 0 Å². The van der Waals surface area contributed by atoms with Gasteiger partial charge in [-0.3, -0.25) is 0 Å². The molecule has 0 atom stereocenters. The van der Waals surface area contributed by atoms with Crippen LogP contribution < -0.4 is 0 Å². The molecule has 5 heteroatoms. The molecule has 0 heterocycles. The van der Waals surface area contributed by atoms with E-state index in [4.69, 9.17) is 0 Å². The third-order valence-electron chi connectivity index (χ3n) is 1.46. The molecule has 0 aliphatic carbocycles. The second-order valence-electron chi connectivity index (χ2n) is 2.23. The van der Waals surface area contributed by atoms with E-state index in [1.807, 2.05) is 6.92 Å². The number of rotatable bonds is 0. The smallest absolute Gasteiger partial charge is 0.143 e. The van der Waals surface area contributed by atoms with Crippen LogP contribution in [0.25, 0.3) is 0 Å². The SMILES string of the molecule is Cc1c(I)c(O)c(I)c(I)c1I. The van der Waals surface area contributed by atoms with Crippen molar-refractivity contribution in [2.24, 2.45) is 0 Å². The molecule has 0 spiro atoms. The van der Waals surface area contributed by atoms with Gasteiger partial charge >= 0.3 is 0 Å².